The molecule has 0 aliphatic carbocycles. The summed E-state index contributed by atoms with van der Waals surface area (Å²) >= 11 is 5.90. The Labute approximate surface area is 168 Å². The van der Waals surface area contributed by atoms with E-state index in [-0.39, 0.29) is 22.4 Å². The Hall–Kier alpha value is -2.80. The van der Waals surface area contributed by atoms with Crippen molar-refractivity contribution in [3.05, 3.63) is 63.7 Å². The number of nitro benzene ring substituents is 1. The molecule has 1 saturated heterocycles. The van der Waals surface area contributed by atoms with Gasteiger partial charge in [0, 0.05) is 30.1 Å². The van der Waals surface area contributed by atoms with Gasteiger partial charge in [-0.05, 0) is 37.1 Å². The minimum Gasteiger partial charge on any atom is -0.492 e. The fourth-order valence-electron chi connectivity index (χ4n) is 3.31. The molecule has 0 radical (unpaired) electrons. The number of piperidine rings is 1. The second kappa shape index (κ2) is 9.41. The Kier molecular flexibility index (Phi) is 6.71. The Morgan fingerprint density at radius 1 is 1.21 bits per heavy atom. The van der Waals surface area contributed by atoms with E-state index in [9.17, 15) is 14.9 Å². The van der Waals surface area contributed by atoms with Crippen molar-refractivity contribution < 1.29 is 14.5 Å². The molecule has 1 amide bonds. The minimum absolute atomic E-state index is 0.00287. The smallest absolute Gasteiger partial charge is 0.292 e. The SMILES string of the molecule is O=C(NCCOc1cccc(Cl)c1)C1CCN(c2ccccc2[N+](=O)[O-])CC1. The zero-order chi connectivity index (χ0) is 19.9. The molecule has 0 aromatic heterocycles. The molecule has 2 aromatic carbocycles. The predicted molar refractivity (Wildman–Crippen MR) is 108 cm³/mol. The maximum atomic E-state index is 12.4. The number of hydrogen-bond donors (Lipinski definition) is 1. The average molecular weight is 404 g/mol. The van der Waals surface area contributed by atoms with Crippen LogP contribution in [0.25, 0.3) is 0 Å². The molecule has 0 atom stereocenters. The molecule has 1 heterocycles. The van der Waals surface area contributed by atoms with E-state index in [4.69, 9.17) is 16.3 Å². The molecule has 2 aromatic rings. The van der Waals surface area contributed by atoms with Gasteiger partial charge in [0.15, 0.2) is 0 Å². The van der Waals surface area contributed by atoms with Gasteiger partial charge in [-0.1, -0.05) is 29.8 Å². The summed E-state index contributed by atoms with van der Waals surface area (Å²) in [6, 6.07) is 13.8. The van der Waals surface area contributed by atoms with Crippen LogP contribution < -0.4 is 15.0 Å². The summed E-state index contributed by atoms with van der Waals surface area (Å²) in [7, 11) is 0. The first-order chi connectivity index (χ1) is 13.5. The van der Waals surface area contributed by atoms with Gasteiger partial charge < -0.3 is 15.0 Å². The number of ether oxygens (including phenoxy) is 1. The van der Waals surface area contributed by atoms with Gasteiger partial charge in [0.05, 0.1) is 11.5 Å². The van der Waals surface area contributed by atoms with E-state index >= 15 is 0 Å². The number of amides is 1. The molecule has 0 bridgehead atoms. The summed E-state index contributed by atoms with van der Waals surface area (Å²) < 4.78 is 5.56. The number of anilines is 1. The van der Waals surface area contributed by atoms with Gasteiger partial charge in [-0.3, -0.25) is 14.9 Å². The molecule has 1 aliphatic rings. The van der Waals surface area contributed by atoms with Crippen molar-refractivity contribution >= 4 is 28.9 Å². The Bertz CT molecular complexity index is 838. The predicted octanol–water partition coefficient (Wildman–Crippen LogP) is 3.66. The van der Waals surface area contributed by atoms with Crippen LogP contribution in [0.15, 0.2) is 48.5 Å². The number of carbonyl (C=O) groups is 1. The number of nitrogens with one attached hydrogen (secondary N) is 1. The number of hydrogen-bond acceptors (Lipinski definition) is 5. The lowest BCUT2D eigenvalue weighted by atomic mass is 9.95. The fourth-order valence-corrected chi connectivity index (χ4v) is 3.49. The molecule has 148 valence electrons. The minimum atomic E-state index is -0.367. The first kappa shape index (κ1) is 19.9. The molecule has 3 rings (SSSR count). The van der Waals surface area contributed by atoms with Crippen LogP contribution in [0.1, 0.15) is 12.8 Å². The van der Waals surface area contributed by atoms with Crippen LogP contribution in [-0.4, -0.2) is 37.1 Å². The Morgan fingerprint density at radius 3 is 2.68 bits per heavy atom. The molecular weight excluding hydrogens is 382 g/mol. The first-order valence-electron chi connectivity index (χ1n) is 9.19. The zero-order valence-electron chi connectivity index (χ0n) is 15.3. The lowest BCUT2D eigenvalue weighted by molar-refractivity contribution is -0.384. The van der Waals surface area contributed by atoms with Crippen molar-refractivity contribution in [3.8, 4) is 5.75 Å². The molecule has 1 N–H and O–H groups in total. The van der Waals surface area contributed by atoms with Gasteiger partial charge in [-0.2, -0.15) is 0 Å². The topological polar surface area (TPSA) is 84.7 Å². The summed E-state index contributed by atoms with van der Waals surface area (Å²) in [5.74, 6) is 0.571. The molecule has 0 spiro atoms. The Morgan fingerprint density at radius 2 is 1.96 bits per heavy atom. The summed E-state index contributed by atoms with van der Waals surface area (Å²) in [4.78, 5) is 25.2. The van der Waals surface area contributed by atoms with E-state index in [0.717, 1.165) is 0 Å². The first-order valence-corrected chi connectivity index (χ1v) is 9.57. The van der Waals surface area contributed by atoms with Gasteiger partial charge in [0.2, 0.25) is 5.91 Å². The third kappa shape index (κ3) is 5.13. The lowest BCUT2D eigenvalue weighted by Crippen LogP contribution is -2.41. The zero-order valence-corrected chi connectivity index (χ0v) is 16.1. The summed E-state index contributed by atoms with van der Waals surface area (Å²) in [5.41, 5.74) is 0.713. The van der Waals surface area contributed by atoms with Gasteiger partial charge in [-0.25, -0.2) is 0 Å². The summed E-state index contributed by atoms with van der Waals surface area (Å²) in [6.07, 6.45) is 1.32. The molecular formula is C20H22ClN3O4. The van der Waals surface area contributed by atoms with Gasteiger partial charge in [0.1, 0.15) is 18.0 Å². The lowest BCUT2D eigenvalue weighted by Gasteiger charge is -2.32. The third-order valence-corrected chi connectivity index (χ3v) is 4.99. The van der Waals surface area contributed by atoms with Gasteiger partial charge in [-0.15, -0.1) is 0 Å². The number of benzene rings is 2. The van der Waals surface area contributed by atoms with Crippen molar-refractivity contribution in [1.82, 2.24) is 5.32 Å². The van der Waals surface area contributed by atoms with Crippen LogP contribution in [-0.2, 0) is 4.79 Å². The highest BCUT2D eigenvalue weighted by atomic mass is 35.5. The highest BCUT2D eigenvalue weighted by molar-refractivity contribution is 6.30. The highest BCUT2D eigenvalue weighted by Crippen LogP contribution is 2.31. The quantitative estimate of drug-likeness (QED) is 0.433. The van der Waals surface area contributed by atoms with Gasteiger partial charge in [0.25, 0.3) is 5.69 Å². The monoisotopic (exact) mass is 403 g/mol. The van der Waals surface area contributed by atoms with Crippen molar-refractivity contribution in [3.63, 3.8) is 0 Å². The van der Waals surface area contributed by atoms with E-state index < -0.39 is 0 Å². The van der Waals surface area contributed by atoms with Crippen LogP contribution in [0.2, 0.25) is 5.02 Å². The van der Waals surface area contributed by atoms with Crippen LogP contribution in [0.5, 0.6) is 5.75 Å². The number of nitro groups is 1. The molecule has 0 unspecified atom stereocenters. The third-order valence-electron chi connectivity index (χ3n) is 4.75. The van der Waals surface area contributed by atoms with Crippen LogP contribution in [0, 0.1) is 16.0 Å². The average Bonchev–Trinajstić information content (AvgIpc) is 2.71. The van der Waals surface area contributed by atoms with Crippen molar-refractivity contribution in [2.75, 3.05) is 31.1 Å². The number of carbonyl (C=O) groups excluding carboxylic acids is 1. The number of rotatable bonds is 7. The second-order valence-corrected chi connectivity index (χ2v) is 7.04. The summed E-state index contributed by atoms with van der Waals surface area (Å²) in [5, 5.41) is 14.7. The van der Waals surface area contributed by atoms with Crippen molar-refractivity contribution in [2.24, 2.45) is 5.92 Å². The molecule has 7 nitrogen and oxygen atoms in total. The molecule has 1 aliphatic heterocycles. The Balaban J connectivity index is 1.43. The maximum absolute atomic E-state index is 12.4. The number of halogens is 1. The van der Waals surface area contributed by atoms with Crippen LogP contribution in [0.4, 0.5) is 11.4 Å². The largest absolute Gasteiger partial charge is 0.492 e. The van der Waals surface area contributed by atoms with E-state index in [1.807, 2.05) is 11.0 Å². The van der Waals surface area contributed by atoms with Crippen molar-refractivity contribution in [1.29, 1.82) is 0 Å². The summed E-state index contributed by atoms with van der Waals surface area (Å²) in [6.45, 7) is 2.00. The van der Waals surface area contributed by atoms with Gasteiger partial charge >= 0.3 is 0 Å². The van der Waals surface area contributed by atoms with Crippen LogP contribution in [0.3, 0.4) is 0 Å². The maximum Gasteiger partial charge on any atom is 0.292 e. The normalized spacial score (nSPS) is 14.5. The van der Waals surface area contributed by atoms with E-state index in [1.165, 1.54) is 6.07 Å². The molecule has 8 heteroatoms. The molecule has 0 saturated carbocycles. The highest BCUT2D eigenvalue weighted by Gasteiger charge is 2.27. The van der Waals surface area contributed by atoms with Crippen LogP contribution >= 0.6 is 11.6 Å². The van der Waals surface area contributed by atoms with E-state index in [0.29, 0.717) is 55.5 Å². The number of para-hydroxylation sites is 2. The molecule has 1 fully saturated rings. The fraction of sp³-hybridized carbons (Fsp3) is 0.350. The van der Waals surface area contributed by atoms with E-state index in [1.54, 1.807) is 36.4 Å². The van der Waals surface area contributed by atoms with Crippen molar-refractivity contribution in [2.45, 2.75) is 12.8 Å². The second-order valence-electron chi connectivity index (χ2n) is 6.60. The standard InChI is InChI=1S/C20H22ClN3O4/c21-16-4-3-5-17(14-16)28-13-10-22-20(25)15-8-11-23(12-9-15)18-6-1-2-7-19(18)24(26)27/h1-7,14-15H,8-13H2,(H,22,25). The van der Waals surface area contributed by atoms with E-state index in [2.05, 4.69) is 5.32 Å². The number of nitrogens with zero attached hydrogens (tertiary/aromatic N) is 2. The molecule has 28 heavy (non-hydrogen) atoms.